The van der Waals surface area contributed by atoms with Crippen molar-refractivity contribution in [2.75, 3.05) is 0 Å². The number of fused-ring (bicyclic) bond motifs is 1. The van der Waals surface area contributed by atoms with Gasteiger partial charge in [-0.1, -0.05) is 0 Å². The van der Waals surface area contributed by atoms with Crippen molar-refractivity contribution in [1.82, 2.24) is 15.2 Å². The average molecular weight is 288 g/mol. The van der Waals surface area contributed by atoms with E-state index in [2.05, 4.69) is 15.2 Å². The molecular weight excluding hydrogens is 271 g/mol. The van der Waals surface area contributed by atoms with Gasteiger partial charge in [-0.25, -0.2) is 4.98 Å². The molecule has 2 aromatic rings. The van der Waals surface area contributed by atoms with Crippen molar-refractivity contribution in [3.05, 3.63) is 18.0 Å². The monoisotopic (exact) mass is 288 g/mol. The SMILES string of the molecule is CC1(C)OB(c2cnc3[nH]ncc3c2C(N)=O)OC1(C)C. The third-order valence-corrected chi connectivity index (χ3v) is 4.26. The first-order valence-electron chi connectivity index (χ1n) is 6.70. The van der Waals surface area contributed by atoms with Crippen molar-refractivity contribution in [1.29, 1.82) is 0 Å². The second-order valence-electron chi connectivity index (χ2n) is 6.17. The molecule has 110 valence electrons. The number of pyridine rings is 1. The van der Waals surface area contributed by atoms with Gasteiger partial charge in [0.05, 0.1) is 28.3 Å². The van der Waals surface area contributed by atoms with E-state index < -0.39 is 24.2 Å². The number of nitrogens with zero attached hydrogens (tertiary/aromatic N) is 2. The summed E-state index contributed by atoms with van der Waals surface area (Å²) in [5.41, 5.74) is 5.87. The van der Waals surface area contributed by atoms with Gasteiger partial charge in [-0.3, -0.25) is 9.89 Å². The number of rotatable bonds is 2. The molecule has 8 heteroatoms. The molecule has 3 N–H and O–H groups in total. The number of primary amides is 1. The molecule has 1 fully saturated rings. The molecule has 1 aliphatic heterocycles. The Morgan fingerprint density at radius 2 is 1.86 bits per heavy atom. The zero-order valence-corrected chi connectivity index (χ0v) is 12.4. The molecular formula is C13H17BN4O3. The molecule has 7 nitrogen and oxygen atoms in total. The van der Waals surface area contributed by atoms with Gasteiger partial charge < -0.3 is 15.0 Å². The normalized spacial score (nSPS) is 20.1. The van der Waals surface area contributed by atoms with Crippen LogP contribution in [0.1, 0.15) is 38.1 Å². The first-order valence-corrected chi connectivity index (χ1v) is 6.70. The molecule has 0 aliphatic carbocycles. The summed E-state index contributed by atoms with van der Waals surface area (Å²) in [5, 5.41) is 7.17. The Morgan fingerprint density at radius 1 is 1.24 bits per heavy atom. The summed E-state index contributed by atoms with van der Waals surface area (Å²) < 4.78 is 11.9. The van der Waals surface area contributed by atoms with Crippen LogP contribution in [0.3, 0.4) is 0 Å². The molecule has 1 amide bonds. The summed E-state index contributed by atoms with van der Waals surface area (Å²) in [6.07, 6.45) is 3.07. The fraction of sp³-hybridized carbons (Fsp3) is 0.462. The minimum atomic E-state index is -0.690. The number of H-pyrrole nitrogens is 1. The molecule has 0 aromatic carbocycles. The highest BCUT2D eigenvalue weighted by molar-refractivity contribution is 6.64. The first kappa shape index (κ1) is 14.0. The quantitative estimate of drug-likeness (QED) is 0.776. The second-order valence-corrected chi connectivity index (χ2v) is 6.17. The number of hydrogen-bond acceptors (Lipinski definition) is 5. The van der Waals surface area contributed by atoms with Crippen LogP contribution < -0.4 is 11.2 Å². The van der Waals surface area contributed by atoms with Crippen molar-refractivity contribution < 1.29 is 14.1 Å². The zero-order valence-electron chi connectivity index (χ0n) is 12.4. The van der Waals surface area contributed by atoms with Crippen molar-refractivity contribution in [3.63, 3.8) is 0 Å². The number of hydrogen-bond donors (Lipinski definition) is 2. The fourth-order valence-electron chi connectivity index (χ4n) is 2.34. The van der Waals surface area contributed by atoms with E-state index in [-0.39, 0.29) is 0 Å². The van der Waals surface area contributed by atoms with E-state index in [1.165, 1.54) is 6.20 Å². The molecule has 2 aromatic heterocycles. The van der Waals surface area contributed by atoms with Crippen LogP contribution in [0.15, 0.2) is 12.4 Å². The van der Waals surface area contributed by atoms with E-state index in [0.717, 1.165) is 0 Å². The minimum absolute atomic E-state index is 0.326. The molecule has 0 unspecified atom stereocenters. The van der Waals surface area contributed by atoms with Gasteiger partial charge in [0.15, 0.2) is 5.65 Å². The van der Waals surface area contributed by atoms with Gasteiger partial charge in [0.2, 0.25) is 5.91 Å². The van der Waals surface area contributed by atoms with E-state index in [1.807, 2.05) is 27.7 Å². The number of nitrogens with two attached hydrogens (primary N) is 1. The largest absolute Gasteiger partial charge is 0.497 e. The van der Waals surface area contributed by atoms with Crippen LogP contribution in [0.5, 0.6) is 0 Å². The zero-order chi connectivity index (χ0) is 15.4. The summed E-state index contributed by atoms with van der Waals surface area (Å²) >= 11 is 0. The van der Waals surface area contributed by atoms with E-state index >= 15 is 0 Å². The predicted octanol–water partition coefficient (Wildman–Crippen LogP) is 0.356. The Kier molecular flexibility index (Phi) is 2.86. The summed E-state index contributed by atoms with van der Waals surface area (Å²) in [5.74, 6) is -0.562. The van der Waals surface area contributed by atoms with Gasteiger partial charge >= 0.3 is 7.12 Å². The van der Waals surface area contributed by atoms with Crippen LogP contribution in [0.4, 0.5) is 0 Å². The van der Waals surface area contributed by atoms with E-state index in [0.29, 0.717) is 22.1 Å². The summed E-state index contributed by atoms with van der Waals surface area (Å²) in [4.78, 5) is 16.1. The highest BCUT2D eigenvalue weighted by Crippen LogP contribution is 2.36. The lowest BCUT2D eigenvalue weighted by Crippen LogP contribution is -2.41. The van der Waals surface area contributed by atoms with Crippen molar-refractivity contribution >= 4 is 29.5 Å². The maximum Gasteiger partial charge on any atom is 0.497 e. The van der Waals surface area contributed by atoms with Gasteiger partial charge in [-0.15, -0.1) is 0 Å². The predicted molar refractivity (Wildman–Crippen MR) is 78.1 cm³/mol. The summed E-state index contributed by atoms with van der Waals surface area (Å²) in [6.45, 7) is 7.78. The van der Waals surface area contributed by atoms with Crippen LogP contribution in [0.25, 0.3) is 11.0 Å². The van der Waals surface area contributed by atoms with Gasteiger partial charge in [0.25, 0.3) is 0 Å². The lowest BCUT2D eigenvalue weighted by Gasteiger charge is -2.32. The first-order chi connectivity index (χ1) is 9.73. The molecule has 0 saturated carbocycles. The van der Waals surface area contributed by atoms with E-state index in [1.54, 1.807) is 6.20 Å². The number of carbonyl (C=O) groups excluding carboxylic acids is 1. The van der Waals surface area contributed by atoms with Crippen LogP contribution >= 0.6 is 0 Å². The Balaban J connectivity index is 2.14. The molecule has 3 heterocycles. The third kappa shape index (κ3) is 2.02. The minimum Gasteiger partial charge on any atom is -0.399 e. The Hall–Kier alpha value is -1.93. The van der Waals surface area contributed by atoms with Crippen molar-refractivity contribution in [2.24, 2.45) is 5.73 Å². The molecule has 0 bridgehead atoms. The number of aromatic nitrogens is 3. The molecule has 0 radical (unpaired) electrons. The van der Waals surface area contributed by atoms with Crippen LogP contribution in [0.2, 0.25) is 0 Å². The third-order valence-electron chi connectivity index (χ3n) is 4.26. The molecule has 21 heavy (non-hydrogen) atoms. The standard InChI is InChI=1S/C13H17BN4O3/c1-12(2)13(3,4)21-14(20-12)8-6-16-11-7(5-17-18-11)9(8)10(15)19/h5-6H,1-4H3,(H2,15,19)(H,16,17,18). The summed E-state index contributed by atoms with van der Waals surface area (Å²) in [7, 11) is -0.690. The molecule has 1 saturated heterocycles. The van der Waals surface area contributed by atoms with Crippen molar-refractivity contribution in [3.8, 4) is 0 Å². The Labute approximate surface area is 122 Å². The highest BCUT2D eigenvalue weighted by atomic mass is 16.7. The van der Waals surface area contributed by atoms with Gasteiger partial charge in [-0.2, -0.15) is 5.10 Å². The molecule has 0 atom stereocenters. The van der Waals surface area contributed by atoms with Crippen LogP contribution in [-0.4, -0.2) is 39.4 Å². The smallest absolute Gasteiger partial charge is 0.399 e. The van der Waals surface area contributed by atoms with Gasteiger partial charge in [0.1, 0.15) is 0 Å². The molecule has 0 spiro atoms. The summed E-state index contributed by atoms with van der Waals surface area (Å²) in [6, 6.07) is 0. The van der Waals surface area contributed by atoms with Crippen molar-refractivity contribution in [2.45, 2.75) is 38.9 Å². The van der Waals surface area contributed by atoms with Gasteiger partial charge in [-0.05, 0) is 27.7 Å². The number of nitrogens with one attached hydrogen (secondary N) is 1. The van der Waals surface area contributed by atoms with E-state index in [4.69, 9.17) is 15.0 Å². The molecule has 3 rings (SSSR count). The highest BCUT2D eigenvalue weighted by Gasteiger charge is 2.52. The van der Waals surface area contributed by atoms with Gasteiger partial charge in [0, 0.05) is 11.7 Å². The topological polar surface area (TPSA) is 103 Å². The maximum absolute atomic E-state index is 11.9. The number of amides is 1. The number of aromatic amines is 1. The Bertz CT molecular complexity index is 709. The maximum atomic E-state index is 11.9. The molecule has 1 aliphatic rings. The lowest BCUT2D eigenvalue weighted by molar-refractivity contribution is 0.00578. The Morgan fingerprint density at radius 3 is 2.43 bits per heavy atom. The lowest BCUT2D eigenvalue weighted by atomic mass is 9.76. The van der Waals surface area contributed by atoms with Crippen LogP contribution in [-0.2, 0) is 9.31 Å². The van der Waals surface area contributed by atoms with Crippen LogP contribution in [0, 0.1) is 0 Å². The van der Waals surface area contributed by atoms with E-state index in [9.17, 15) is 4.79 Å². The number of carbonyl (C=O) groups is 1. The second kappa shape index (κ2) is 4.28. The fourth-order valence-corrected chi connectivity index (χ4v) is 2.34. The average Bonchev–Trinajstić information content (AvgIpc) is 2.90.